The first-order chi connectivity index (χ1) is 15.2. The average Bonchev–Trinajstić information content (AvgIpc) is 3.41. The first kappa shape index (κ1) is 19.5. The van der Waals surface area contributed by atoms with Crippen molar-refractivity contribution in [3.8, 4) is 11.4 Å². The smallest absolute Gasteiger partial charge is 0.226 e. The highest BCUT2D eigenvalue weighted by atomic mass is 32.1. The number of hydrogen-bond acceptors (Lipinski definition) is 4. The van der Waals surface area contributed by atoms with Crippen molar-refractivity contribution in [3.63, 3.8) is 0 Å². The maximum absolute atomic E-state index is 12.3. The second-order valence-electron chi connectivity index (χ2n) is 7.66. The highest BCUT2D eigenvalue weighted by Crippen LogP contribution is 2.32. The molecule has 0 unspecified atom stereocenters. The highest BCUT2D eigenvalue weighted by Gasteiger charge is 2.15. The molecule has 0 saturated heterocycles. The number of carbonyl (C=O) groups is 1. The van der Waals surface area contributed by atoms with Gasteiger partial charge in [-0.1, -0.05) is 35.9 Å². The van der Waals surface area contributed by atoms with E-state index in [4.69, 9.17) is 4.98 Å². The van der Waals surface area contributed by atoms with Gasteiger partial charge in [0, 0.05) is 34.3 Å². The number of nitrogens with zero attached hydrogens (tertiary/aromatic N) is 2. The van der Waals surface area contributed by atoms with Crippen LogP contribution in [0.2, 0.25) is 0 Å². The number of fused-ring (bicyclic) bond motifs is 2. The minimum absolute atomic E-state index is 0.00338. The quantitative estimate of drug-likeness (QED) is 0.344. The number of thiazole rings is 1. The van der Waals surface area contributed by atoms with Crippen LogP contribution in [0.15, 0.2) is 66.2 Å². The van der Waals surface area contributed by atoms with Gasteiger partial charge in [0.1, 0.15) is 0 Å². The molecule has 5 aromatic rings. The molecule has 3 aromatic heterocycles. The maximum atomic E-state index is 12.3. The fraction of sp³-hybridized carbons (Fsp3) is 0.160. The van der Waals surface area contributed by atoms with Gasteiger partial charge in [-0.15, -0.1) is 11.3 Å². The number of amides is 1. The van der Waals surface area contributed by atoms with E-state index < -0.39 is 0 Å². The SMILES string of the molecule is Cc1ccc2[nH]c(-c3ccc4ccccc4n3)c(CCCC(=O)Nc3nccs3)c2c1. The monoisotopic (exact) mass is 426 g/mol. The molecule has 0 bridgehead atoms. The van der Waals surface area contributed by atoms with Crippen LogP contribution in [-0.2, 0) is 11.2 Å². The number of para-hydroxylation sites is 1. The summed E-state index contributed by atoms with van der Waals surface area (Å²) >= 11 is 1.43. The lowest BCUT2D eigenvalue weighted by molar-refractivity contribution is -0.116. The molecule has 0 aliphatic heterocycles. The summed E-state index contributed by atoms with van der Waals surface area (Å²) in [7, 11) is 0. The van der Waals surface area contributed by atoms with Gasteiger partial charge in [0.15, 0.2) is 5.13 Å². The second-order valence-corrected chi connectivity index (χ2v) is 8.55. The molecule has 5 rings (SSSR count). The van der Waals surface area contributed by atoms with Crippen molar-refractivity contribution in [2.75, 3.05) is 5.32 Å². The predicted octanol–water partition coefficient (Wildman–Crippen LogP) is 6.11. The fourth-order valence-electron chi connectivity index (χ4n) is 3.94. The number of nitrogens with one attached hydrogen (secondary N) is 2. The number of aromatic nitrogens is 3. The molecule has 31 heavy (non-hydrogen) atoms. The topological polar surface area (TPSA) is 70.7 Å². The van der Waals surface area contributed by atoms with Gasteiger partial charge in [-0.05, 0) is 49.6 Å². The van der Waals surface area contributed by atoms with Crippen LogP contribution in [0.3, 0.4) is 0 Å². The van der Waals surface area contributed by atoms with Crippen LogP contribution >= 0.6 is 11.3 Å². The molecular formula is C25H22N4OS. The summed E-state index contributed by atoms with van der Waals surface area (Å²) in [5.74, 6) is -0.00338. The first-order valence-electron chi connectivity index (χ1n) is 10.3. The average molecular weight is 427 g/mol. The standard InChI is InChI=1S/C25H22N4OS/c1-16-9-11-21-19(15-16)18(6-4-8-23(30)29-25-26-13-14-31-25)24(28-21)22-12-10-17-5-2-3-7-20(17)27-22/h2-3,5,7,9-15,28H,4,6,8H2,1H3,(H,26,29,30). The molecule has 2 aromatic carbocycles. The Balaban J connectivity index is 1.45. The zero-order chi connectivity index (χ0) is 21.2. The zero-order valence-electron chi connectivity index (χ0n) is 17.2. The maximum Gasteiger partial charge on any atom is 0.226 e. The van der Waals surface area contributed by atoms with Crippen molar-refractivity contribution in [1.82, 2.24) is 15.0 Å². The molecule has 5 nitrogen and oxygen atoms in total. The van der Waals surface area contributed by atoms with Crippen molar-refractivity contribution < 1.29 is 4.79 Å². The van der Waals surface area contributed by atoms with Gasteiger partial charge >= 0.3 is 0 Å². The first-order valence-corrected chi connectivity index (χ1v) is 11.2. The van der Waals surface area contributed by atoms with Gasteiger partial charge in [0.05, 0.1) is 16.9 Å². The van der Waals surface area contributed by atoms with E-state index in [2.05, 4.69) is 58.6 Å². The summed E-state index contributed by atoms with van der Waals surface area (Å²) in [5.41, 5.74) is 6.46. The Morgan fingerprint density at radius 1 is 1.13 bits per heavy atom. The van der Waals surface area contributed by atoms with Crippen LogP contribution in [0, 0.1) is 6.92 Å². The number of aryl methyl sites for hydroxylation is 2. The third-order valence-electron chi connectivity index (χ3n) is 5.43. The molecule has 3 heterocycles. The zero-order valence-corrected chi connectivity index (χ0v) is 18.0. The third-order valence-corrected chi connectivity index (χ3v) is 6.11. The largest absolute Gasteiger partial charge is 0.353 e. The summed E-state index contributed by atoms with van der Waals surface area (Å²) in [6, 6.07) is 18.8. The van der Waals surface area contributed by atoms with Gasteiger partial charge in [-0.2, -0.15) is 0 Å². The van der Waals surface area contributed by atoms with Gasteiger partial charge in [0.25, 0.3) is 0 Å². The van der Waals surface area contributed by atoms with Crippen LogP contribution < -0.4 is 5.32 Å². The lowest BCUT2D eigenvalue weighted by Gasteiger charge is -2.07. The number of carbonyl (C=O) groups excluding carboxylic acids is 1. The Bertz CT molecular complexity index is 1370. The fourth-order valence-corrected chi connectivity index (χ4v) is 4.48. The minimum Gasteiger partial charge on any atom is -0.353 e. The van der Waals surface area contributed by atoms with Crippen molar-refractivity contribution in [3.05, 3.63) is 77.3 Å². The number of aromatic amines is 1. The van der Waals surface area contributed by atoms with Crippen LogP contribution in [0.4, 0.5) is 5.13 Å². The molecule has 6 heteroatoms. The predicted molar refractivity (Wildman–Crippen MR) is 127 cm³/mol. The summed E-state index contributed by atoms with van der Waals surface area (Å²) in [6.07, 6.45) is 3.68. The Morgan fingerprint density at radius 2 is 2.03 bits per heavy atom. The number of rotatable bonds is 6. The number of hydrogen-bond donors (Lipinski definition) is 2. The van der Waals surface area contributed by atoms with Crippen LogP contribution in [0.5, 0.6) is 0 Å². The van der Waals surface area contributed by atoms with E-state index in [1.54, 1.807) is 6.20 Å². The van der Waals surface area contributed by atoms with E-state index in [0.29, 0.717) is 11.6 Å². The number of pyridine rings is 1. The van der Waals surface area contributed by atoms with Gasteiger partial charge in [-0.25, -0.2) is 9.97 Å². The molecule has 0 spiro atoms. The molecule has 0 atom stereocenters. The molecule has 1 amide bonds. The number of benzene rings is 2. The third kappa shape index (κ3) is 4.07. The normalized spacial score (nSPS) is 11.3. The van der Waals surface area contributed by atoms with Crippen molar-refractivity contribution in [2.45, 2.75) is 26.2 Å². The molecular weight excluding hydrogens is 404 g/mol. The minimum atomic E-state index is -0.00338. The van der Waals surface area contributed by atoms with Crippen LogP contribution in [0.25, 0.3) is 33.2 Å². The van der Waals surface area contributed by atoms with Crippen molar-refractivity contribution in [2.24, 2.45) is 0 Å². The van der Waals surface area contributed by atoms with Crippen molar-refractivity contribution >= 4 is 44.2 Å². The summed E-state index contributed by atoms with van der Waals surface area (Å²) < 4.78 is 0. The second kappa shape index (κ2) is 8.32. The van der Waals surface area contributed by atoms with Gasteiger partial charge in [-0.3, -0.25) is 4.79 Å². The van der Waals surface area contributed by atoms with E-state index in [9.17, 15) is 4.79 Å². The molecule has 0 radical (unpaired) electrons. The number of anilines is 1. The molecule has 154 valence electrons. The molecule has 2 N–H and O–H groups in total. The van der Waals surface area contributed by atoms with E-state index in [-0.39, 0.29) is 5.91 Å². The Morgan fingerprint density at radius 3 is 2.90 bits per heavy atom. The van der Waals surface area contributed by atoms with Crippen LogP contribution in [0.1, 0.15) is 24.0 Å². The van der Waals surface area contributed by atoms with E-state index in [0.717, 1.165) is 40.6 Å². The lowest BCUT2D eigenvalue weighted by Crippen LogP contribution is -2.11. The summed E-state index contributed by atoms with van der Waals surface area (Å²) in [6.45, 7) is 2.10. The molecule has 0 fully saturated rings. The van der Waals surface area contributed by atoms with Gasteiger partial charge < -0.3 is 10.3 Å². The van der Waals surface area contributed by atoms with Crippen LogP contribution in [-0.4, -0.2) is 20.9 Å². The van der Waals surface area contributed by atoms with E-state index in [1.165, 1.54) is 27.8 Å². The van der Waals surface area contributed by atoms with E-state index in [1.807, 2.05) is 23.6 Å². The molecule has 0 aliphatic carbocycles. The number of H-pyrrole nitrogens is 1. The Hall–Kier alpha value is -3.51. The Labute approximate surface area is 184 Å². The Kier molecular flexibility index (Phi) is 5.22. The molecule has 0 aliphatic rings. The van der Waals surface area contributed by atoms with E-state index >= 15 is 0 Å². The summed E-state index contributed by atoms with van der Waals surface area (Å²) in [5, 5.41) is 7.69. The lowest BCUT2D eigenvalue weighted by atomic mass is 10.0. The van der Waals surface area contributed by atoms with Crippen molar-refractivity contribution in [1.29, 1.82) is 0 Å². The van der Waals surface area contributed by atoms with Gasteiger partial charge in [0.2, 0.25) is 5.91 Å². The summed E-state index contributed by atoms with van der Waals surface area (Å²) in [4.78, 5) is 24.9. The molecule has 0 saturated carbocycles. The highest BCUT2D eigenvalue weighted by molar-refractivity contribution is 7.13.